The molecule has 1 atom stereocenters. The molecule has 1 aliphatic heterocycles. The van der Waals surface area contributed by atoms with Gasteiger partial charge in [0.15, 0.2) is 0 Å². The fourth-order valence-corrected chi connectivity index (χ4v) is 3.47. The lowest BCUT2D eigenvalue weighted by Gasteiger charge is -2.39. The third-order valence-corrected chi connectivity index (χ3v) is 4.89. The normalized spacial score (nSPS) is 21.2. The second kappa shape index (κ2) is 6.59. The van der Waals surface area contributed by atoms with Crippen molar-refractivity contribution in [1.29, 1.82) is 0 Å². The van der Waals surface area contributed by atoms with E-state index in [2.05, 4.69) is 20.3 Å². The average Bonchev–Trinajstić information content (AvgIpc) is 3.00. The van der Waals surface area contributed by atoms with Gasteiger partial charge in [-0.05, 0) is 19.8 Å². The molecule has 1 aliphatic rings. The zero-order chi connectivity index (χ0) is 16.3. The quantitative estimate of drug-likeness (QED) is 0.867. The van der Waals surface area contributed by atoms with Crippen molar-refractivity contribution in [3.05, 3.63) is 34.7 Å². The average molecular weight is 333 g/mol. The number of thiazole rings is 1. The summed E-state index contributed by atoms with van der Waals surface area (Å²) >= 11 is 1.31. The third kappa shape index (κ3) is 3.65. The van der Waals surface area contributed by atoms with Crippen LogP contribution in [0, 0.1) is 6.92 Å². The number of β-amino-alcohol motifs (C(OH)–C–C–N with tert-alkyl or cyclic N) is 1. The number of amides is 1. The van der Waals surface area contributed by atoms with Crippen LogP contribution in [0.5, 0.6) is 0 Å². The first kappa shape index (κ1) is 15.8. The highest BCUT2D eigenvalue weighted by molar-refractivity contribution is 7.11. The molecule has 7 nitrogen and oxygen atoms in total. The summed E-state index contributed by atoms with van der Waals surface area (Å²) in [6.45, 7) is 3.26. The number of carbonyl (C=O) groups is 1. The first-order chi connectivity index (χ1) is 11.1. The lowest BCUT2D eigenvalue weighted by molar-refractivity contribution is 0.0254. The number of hydrogen-bond donors (Lipinski definition) is 2. The predicted octanol–water partition coefficient (Wildman–Crippen LogP) is 1.00. The molecule has 0 unspecified atom stereocenters. The first-order valence-electron chi connectivity index (χ1n) is 7.49. The van der Waals surface area contributed by atoms with E-state index in [-0.39, 0.29) is 12.5 Å². The molecule has 0 aliphatic carbocycles. The van der Waals surface area contributed by atoms with E-state index in [4.69, 9.17) is 0 Å². The molecule has 2 N–H and O–H groups in total. The lowest BCUT2D eigenvalue weighted by atomic mass is 9.92. The molecule has 0 bridgehead atoms. The van der Waals surface area contributed by atoms with Crippen LogP contribution in [-0.2, 0) is 0 Å². The van der Waals surface area contributed by atoms with E-state index in [0.717, 1.165) is 18.8 Å². The second-order valence-corrected chi connectivity index (χ2v) is 6.62. The number of piperidine rings is 1. The third-order valence-electron chi connectivity index (χ3n) is 3.96. The molecule has 0 saturated carbocycles. The molecule has 3 heterocycles. The van der Waals surface area contributed by atoms with E-state index in [1.54, 1.807) is 31.0 Å². The molecule has 2 aromatic rings. The number of aliphatic hydroxyl groups is 1. The van der Waals surface area contributed by atoms with Gasteiger partial charge in [0, 0.05) is 32.0 Å². The van der Waals surface area contributed by atoms with Crippen molar-refractivity contribution < 1.29 is 9.90 Å². The van der Waals surface area contributed by atoms with Crippen LogP contribution in [0.25, 0.3) is 0 Å². The van der Waals surface area contributed by atoms with Crippen molar-refractivity contribution in [3.8, 4) is 0 Å². The monoisotopic (exact) mass is 333 g/mol. The van der Waals surface area contributed by atoms with Crippen molar-refractivity contribution in [2.45, 2.75) is 25.4 Å². The summed E-state index contributed by atoms with van der Waals surface area (Å²) in [7, 11) is 0. The molecular weight excluding hydrogens is 314 g/mol. The Kier molecular flexibility index (Phi) is 4.53. The molecule has 0 aromatic carbocycles. The maximum absolute atomic E-state index is 12.2. The largest absolute Gasteiger partial charge is 0.386 e. The van der Waals surface area contributed by atoms with Gasteiger partial charge in [-0.2, -0.15) is 0 Å². The van der Waals surface area contributed by atoms with Gasteiger partial charge >= 0.3 is 0 Å². The Morgan fingerprint density at radius 2 is 2.35 bits per heavy atom. The molecular formula is C15H19N5O2S. The summed E-state index contributed by atoms with van der Waals surface area (Å²) in [6.07, 6.45) is 6.42. The highest BCUT2D eigenvalue weighted by atomic mass is 32.1. The Balaban J connectivity index is 1.62. The van der Waals surface area contributed by atoms with Crippen LogP contribution in [0.3, 0.4) is 0 Å². The maximum Gasteiger partial charge on any atom is 0.263 e. The van der Waals surface area contributed by atoms with Gasteiger partial charge in [-0.15, -0.1) is 11.3 Å². The fourth-order valence-electron chi connectivity index (χ4n) is 2.75. The van der Waals surface area contributed by atoms with Gasteiger partial charge in [0.2, 0.25) is 0 Å². The zero-order valence-electron chi connectivity index (χ0n) is 12.9. The fraction of sp³-hybridized carbons (Fsp3) is 0.467. The number of aryl methyl sites for hydroxylation is 1. The molecule has 23 heavy (non-hydrogen) atoms. The van der Waals surface area contributed by atoms with Crippen LogP contribution in [0.4, 0.5) is 5.82 Å². The van der Waals surface area contributed by atoms with Crippen molar-refractivity contribution in [1.82, 2.24) is 20.3 Å². The topological polar surface area (TPSA) is 91.2 Å². The van der Waals surface area contributed by atoms with Crippen LogP contribution in [-0.4, -0.2) is 51.2 Å². The minimum absolute atomic E-state index is 0.185. The van der Waals surface area contributed by atoms with Gasteiger partial charge in [0.05, 0.1) is 23.0 Å². The summed E-state index contributed by atoms with van der Waals surface area (Å²) in [4.78, 5) is 27.2. The Morgan fingerprint density at radius 3 is 3.04 bits per heavy atom. The number of nitrogens with zero attached hydrogens (tertiary/aromatic N) is 4. The molecule has 2 aromatic heterocycles. The minimum Gasteiger partial charge on any atom is -0.386 e. The predicted molar refractivity (Wildman–Crippen MR) is 87.6 cm³/mol. The zero-order valence-corrected chi connectivity index (χ0v) is 13.7. The van der Waals surface area contributed by atoms with Crippen LogP contribution >= 0.6 is 11.3 Å². The first-order valence-corrected chi connectivity index (χ1v) is 8.37. The van der Waals surface area contributed by atoms with Gasteiger partial charge in [-0.1, -0.05) is 0 Å². The van der Waals surface area contributed by atoms with Crippen molar-refractivity contribution in [2.24, 2.45) is 0 Å². The Labute approximate surface area is 138 Å². The summed E-state index contributed by atoms with van der Waals surface area (Å²) in [6, 6.07) is 0. The van der Waals surface area contributed by atoms with E-state index in [9.17, 15) is 9.90 Å². The number of aromatic nitrogens is 3. The van der Waals surface area contributed by atoms with Crippen LogP contribution < -0.4 is 10.2 Å². The SMILES string of the molecule is Cc1ncsc1C(=O)NC[C@]1(O)CCCN(c2cnccn2)C1. The van der Waals surface area contributed by atoms with E-state index in [0.29, 0.717) is 23.5 Å². The van der Waals surface area contributed by atoms with Crippen LogP contribution in [0.2, 0.25) is 0 Å². The molecule has 0 radical (unpaired) electrons. The minimum atomic E-state index is -0.968. The van der Waals surface area contributed by atoms with E-state index in [1.165, 1.54) is 11.3 Å². The maximum atomic E-state index is 12.2. The number of nitrogens with one attached hydrogen (secondary N) is 1. The standard InChI is InChI=1S/C15H19N5O2S/c1-11-13(23-10-19-11)14(21)18-8-15(22)3-2-6-20(9-15)12-7-16-4-5-17-12/h4-5,7,10,22H,2-3,6,8-9H2,1H3,(H,18,21)/t15-/m1/s1. The number of anilines is 1. The van der Waals surface area contributed by atoms with Gasteiger partial charge < -0.3 is 15.3 Å². The molecule has 1 fully saturated rings. The van der Waals surface area contributed by atoms with Gasteiger partial charge in [0.25, 0.3) is 5.91 Å². The second-order valence-electron chi connectivity index (χ2n) is 5.76. The van der Waals surface area contributed by atoms with Crippen molar-refractivity contribution in [2.75, 3.05) is 24.5 Å². The number of carbonyl (C=O) groups excluding carboxylic acids is 1. The highest BCUT2D eigenvalue weighted by Gasteiger charge is 2.34. The Hall–Kier alpha value is -2.06. The summed E-state index contributed by atoms with van der Waals surface area (Å²) in [5, 5.41) is 13.6. The molecule has 1 saturated heterocycles. The molecule has 1 amide bonds. The van der Waals surface area contributed by atoms with Gasteiger partial charge in [0.1, 0.15) is 10.7 Å². The van der Waals surface area contributed by atoms with Crippen LogP contribution in [0.15, 0.2) is 24.1 Å². The summed E-state index contributed by atoms with van der Waals surface area (Å²) < 4.78 is 0. The lowest BCUT2D eigenvalue weighted by Crippen LogP contribution is -2.54. The Morgan fingerprint density at radius 1 is 1.48 bits per heavy atom. The summed E-state index contributed by atoms with van der Waals surface area (Å²) in [5.41, 5.74) is 1.39. The molecule has 122 valence electrons. The van der Waals surface area contributed by atoms with Gasteiger partial charge in [-0.3, -0.25) is 9.78 Å². The smallest absolute Gasteiger partial charge is 0.263 e. The van der Waals surface area contributed by atoms with Gasteiger partial charge in [-0.25, -0.2) is 9.97 Å². The van der Waals surface area contributed by atoms with Crippen LogP contribution in [0.1, 0.15) is 28.2 Å². The Bertz CT molecular complexity index is 678. The van der Waals surface area contributed by atoms with Crippen molar-refractivity contribution in [3.63, 3.8) is 0 Å². The molecule has 0 spiro atoms. The van der Waals surface area contributed by atoms with E-state index < -0.39 is 5.60 Å². The molecule has 8 heteroatoms. The number of rotatable bonds is 4. The highest BCUT2D eigenvalue weighted by Crippen LogP contribution is 2.24. The number of hydrogen-bond acceptors (Lipinski definition) is 7. The van der Waals surface area contributed by atoms with Crippen molar-refractivity contribution >= 4 is 23.1 Å². The van der Waals surface area contributed by atoms with E-state index >= 15 is 0 Å². The molecule has 3 rings (SSSR count). The summed E-state index contributed by atoms with van der Waals surface area (Å²) in [5.74, 6) is 0.560. The van der Waals surface area contributed by atoms with E-state index in [1.807, 2.05) is 4.90 Å².